The molecule has 0 aliphatic carbocycles. The fourth-order valence-corrected chi connectivity index (χ4v) is 3.19. The molecule has 2 heterocycles. The summed E-state index contributed by atoms with van der Waals surface area (Å²) in [5.41, 5.74) is 0. The Morgan fingerprint density at radius 3 is 2.67 bits per heavy atom. The molecule has 0 aromatic rings. The van der Waals surface area contributed by atoms with Crippen LogP contribution in [0.25, 0.3) is 0 Å². The molecule has 2 rings (SSSR count). The third-order valence-corrected chi connectivity index (χ3v) is 4.19. The SMILES string of the molecule is CCNC1CCN(C(C)CN2CCCCC2)C1=O. The first-order valence-electron chi connectivity index (χ1n) is 7.48. The molecule has 4 nitrogen and oxygen atoms in total. The van der Waals surface area contributed by atoms with Crippen molar-refractivity contribution in [2.45, 2.75) is 51.6 Å². The first-order valence-corrected chi connectivity index (χ1v) is 7.48. The van der Waals surface area contributed by atoms with E-state index in [1.807, 2.05) is 0 Å². The second-order valence-corrected chi connectivity index (χ2v) is 5.64. The molecule has 2 aliphatic heterocycles. The lowest BCUT2D eigenvalue weighted by atomic mass is 10.1. The van der Waals surface area contributed by atoms with Crippen LogP contribution < -0.4 is 5.32 Å². The summed E-state index contributed by atoms with van der Waals surface area (Å²) in [5.74, 6) is 0.307. The van der Waals surface area contributed by atoms with Crippen LogP contribution in [0.5, 0.6) is 0 Å². The number of hydrogen-bond donors (Lipinski definition) is 1. The molecule has 2 atom stereocenters. The smallest absolute Gasteiger partial charge is 0.240 e. The molecule has 2 unspecified atom stereocenters. The minimum absolute atomic E-state index is 0.0683. The van der Waals surface area contributed by atoms with Gasteiger partial charge in [0, 0.05) is 19.1 Å². The summed E-state index contributed by atoms with van der Waals surface area (Å²) in [6.45, 7) is 9.53. The van der Waals surface area contributed by atoms with Gasteiger partial charge in [-0.1, -0.05) is 13.3 Å². The van der Waals surface area contributed by atoms with Gasteiger partial charge in [0.15, 0.2) is 0 Å². The Bertz CT molecular complexity index is 276. The van der Waals surface area contributed by atoms with Crippen molar-refractivity contribution in [1.82, 2.24) is 15.1 Å². The van der Waals surface area contributed by atoms with Gasteiger partial charge in [-0.3, -0.25) is 4.79 Å². The number of amides is 1. The van der Waals surface area contributed by atoms with Gasteiger partial charge in [0.05, 0.1) is 6.04 Å². The number of rotatable bonds is 5. The first kappa shape index (κ1) is 13.8. The Labute approximate surface area is 111 Å². The molecule has 0 aromatic carbocycles. The van der Waals surface area contributed by atoms with Crippen LogP contribution in [0.15, 0.2) is 0 Å². The molecule has 1 N–H and O–H groups in total. The molecule has 4 heteroatoms. The molecule has 0 bridgehead atoms. The number of likely N-dealkylation sites (N-methyl/N-ethyl adjacent to an activating group) is 1. The van der Waals surface area contributed by atoms with E-state index in [9.17, 15) is 4.79 Å². The maximum absolute atomic E-state index is 12.2. The molecule has 0 saturated carbocycles. The fourth-order valence-electron chi connectivity index (χ4n) is 3.19. The lowest BCUT2D eigenvalue weighted by Gasteiger charge is -2.33. The van der Waals surface area contributed by atoms with Crippen molar-refractivity contribution in [3.05, 3.63) is 0 Å². The van der Waals surface area contributed by atoms with Crippen molar-refractivity contribution < 1.29 is 4.79 Å². The summed E-state index contributed by atoms with van der Waals surface area (Å²) in [7, 11) is 0. The molecule has 2 saturated heterocycles. The van der Waals surface area contributed by atoms with E-state index in [0.717, 1.165) is 26.1 Å². The highest BCUT2D eigenvalue weighted by Gasteiger charge is 2.34. The van der Waals surface area contributed by atoms with Gasteiger partial charge in [0.2, 0.25) is 5.91 Å². The molecular weight excluding hydrogens is 226 g/mol. The maximum Gasteiger partial charge on any atom is 0.240 e. The Hall–Kier alpha value is -0.610. The molecule has 0 aromatic heterocycles. The third kappa shape index (κ3) is 3.23. The summed E-state index contributed by atoms with van der Waals surface area (Å²) < 4.78 is 0. The Morgan fingerprint density at radius 1 is 1.28 bits per heavy atom. The second-order valence-electron chi connectivity index (χ2n) is 5.64. The number of hydrogen-bond acceptors (Lipinski definition) is 3. The van der Waals surface area contributed by atoms with Crippen LogP contribution in [-0.4, -0.2) is 60.5 Å². The number of nitrogens with zero attached hydrogens (tertiary/aromatic N) is 2. The average molecular weight is 253 g/mol. The molecule has 1 amide bonds. The minimum atomic E-state index is 0.0683. The Morgan fingerprint density at radius 2 is 2.00 bits per heavy atom. The molecule has 104 valence electrons. The monoisotopic (exact) mass is 253 g/mol. The quantitative estimate of drug-likeness (QED) is 0.796. The van der Waals surface area contributed by atoms with E-state index < -0.39 is 0 Å². The molecular formula is C14H27N3O. The first-order chi connectivity index (χ1) is 8.72. The van der Waals surface area contributed by atoms with Crippen LogP contribution >= 0.6 is 0 Å². The lowest BCUT2D eigenvalue weighted by Crippen LogP contribution is -2.47. The highest BCUT2D eigenvalue weighted by Crippen LogP contribution is 2.17. The van der Waals surface area contributed by atoms with Gasteiger partial charge >= 0.3 is 0 Å². The molecule has 0 radical (unpaired) electrons. The van der Waals surface area contributed by atoms with Crippen molar-refractivity contribution in [3.63, 3.8) is 0 Å². The Kier molecular flexibility index (Phi) is 5.01. The van der Waals surface area contributed by atoms with E-state index in [0.29, 0.717) is 11.9 Å². The normalized spacial score (nSPS) is 27.8. The number of piperidine rings is 1. The van der Waals surface area contributed by atoms with Crippen LogP contribution in [0.2, 0.25) is 0 Å². The minimum Gasteiger partial charge on any atom is -0.337 e. The summed E-state index contributed by atoms with van der Waals surface area (Å²) in [6.07, 6.45) is 4.98. The molecule has 18 heavy (non-hydrogen) atoms. The lowest BCUT2D eigenvalue weighted by molar-refractivity contribution is -0.131. The van der Waals surface area contributed by atoms with Crippen molar-refractivity contribution in [1.29, 1.82) is 0 Å². The van der Waals surface area contributed by atoms with Gasteiger partial charge in [0.25, 0.3) is 0 Å². The van der Waals surface area contributed by atoms with Crippen LogP contribution in [0.1, 0.15) is 39.5 Å². The third-order valence-electron chi connectivity index (χ3n) is 4.19. The predicted octanol–water partition coefficient (Wildman–Crippen LogP) is 1.07. The topological polar surface area (TPSA) is 35.6 Å². The van der Waals surface area contributed by atoms with Crippen LogP contribution in [0.3, 0.4) is 0 Å². The van der Waals surface area contributed by atoms with E-state index in [1.165, 1.54) is 32.4 Å². The number of likely N-dealkylation sites (tertiary alicyclic amines) is 2. The van der Waals surface area contributed by atoms with E-state index in [2.05, 4.69) is 29.0 Å². The van der Waals surface area contributed by atoms with Crippen molar-refractivity contribution in [3.8, 4) is 0 Å². The van der Waals surface area contributed by atoms with Gasteiger partial charge in [0.1, 0.15) is 0 Å². The molecule has 2 fully saturated rings. The van der Waals surface area contributed by atoms with Gasteiger partial charge in [-0.2, -0.15) is 0 Å². The van der Waals surface area contributed by atoms with Crippen LogP contribution in [0, 0.1) is 0 Å². The average Bonchev–Trinajstić information content (AvgIpc) is 2.73. The summed E-state index contributed by atoms with van der Waals surface area (Å²) in [4.78, 5) is 16.8. The van der Waals surface area contributed by atoms with Gasteiger partial charge in [-0.05, 0) is 45.8 Å². The fraction of sp³-hybridized carbons (Fsp3) is 0.929. The van der Waals surface area contributed by atoms with E-state index in [-0.39, 0.29) is 6.04 Å². The number of carbonyl (C=O) groups excluding carboxylic acids is 1. The summed E-state index contributed by atoms with van der Waals surface area (Å²) >= 11 is 0. The Balaban J connectivity index is 1.81. The molecule has 2 aliphatic rings. The standard InChI is InChI=1S/C14H27N3O/c1-3-15-13-7-10-17(14(13)18)12(2)11-16-8-5-4-6-9-16/h12-13,15H,3-11H2,1-2H3. The van der Waals surface area contributed by atoms with Gasteiger partial charge in [-0.25, -0.2) is 0 Å². The zero-order chi connectivity index (χ0) is 13.0. The highest BCUT2D eigenvalue weighted by atomic mass is 16.2. The van der Waals surface area contributed by atoms with Crippen molar-refractivity contribution in [2.75, 3.05) is 32.7 Å². The zero-order valence-electron chi connectivity index (χ0n) is 11.8. The van der Waals surface area contributed by atoms with Crippen molar-refractivity contribution >= 4 is 5.91 Å². The zero-order valence-corrected chi connectivity index (χ0v) is 11.8. The van der Waals surface area contributed by atoms with Gasteiger partial charge in [-0.15, -0.1) is 0 Å². The largest absolute Gasteiger partial charge is 0.337 e. The van der Waals surface area contributed by atoms with E-state index in [4.69, 9.17) is 0 Å². The maximum atomic E-state index is 12.2. The number of nitrogens with one attached hydrogen (secondary N) is 1. The highest BCUT2D eigenvalue weighted by molar-refractivity contribution is 5.84. The predicted molar refractivity (Wildman–Crippen MR) is 73.5 cm³/mol. The van der Waals surface area contributed by atoms with E-state index >= 15 is 0 Å². The van der Waals surface area contributed by atoms with Crippen LogP contribution in [0.4, 0.5) is 0 Å². The van der Waals surface area contributed by atoms with E-state index in [1.54, 1.807) is 0 Å². The molecule has 0 spiro atoms. The van der Waals surface area contributed by atoms with Crippen molar-refractivity contribution in [2.24, 2.45) is 0 Å². The number of carbonyl (C=O) groups is 1. The van der Waals surface area contributed by atoms with Gasteiger partial charge < -0.3 is 15.1 Å². The van der Waals surface area contributed by atoms with Crippen LogP contribution in [-0.2, 0) is 4.79 Å². The summed E-state index contributed by atoms with van der Waals surface area (Å²) in [5, 5.41) is 3.28. The summed E-state index contributed by atoms with van der Waals surface area (Å²) in [6, 6.07) is 0.429. The second kappa shape index (κ2) is 6.53.